The van der Waals surface area contributed by atoms with Gasteiger partial charge in [-0.2, -0.15) is 0 Å². The molecule has 11 heteroatoms. The van der Waals surface area contributed by atoms with Gasteiger partial charge in [-0.05, 0) is 49.1 Å². The first-order valence-corrected chi connectivity index (χ1v) is 14.8. The molecule has 3 aromatic rings. The van der Waals surface area contributed by atoms with Crippen molar-refractivity contribution in [3.05, 3.63) is 53.6 Å². The lowest BCUT2D eigenvalue weighted by atomic mass is 9.79. The van der Waals surface area contributed by atoms with Gasteiger partial charge in [0, 0.05) is 41.6 Å². The lowest BCUT2D eigenvalue weighted by Gasteiger charge is -2.40. The van der Waals surface area contributed by atoms with E-state index in [0.717, 1.165) is 29.7 Å². The highest BCUT2D eigenvalue weighted by atomic mass is 32.2. The number of methoxy groups -OCH3 is 1. The number of nitrogens with zero attached hydrogens (tertiary/aromatic N) is 2. The molecule has 0 bridgehead atoms. The fourth-order valence-corrected chi connectivity index (χ4v) is 7.22. The van der Waals surface area contributed by atoms with E-state index >= 15 is 0 Å². The van der Waals surface area contributed by atoms with Gasteiger partial charge in [-0.25, -0.2) is 16.8 Å². The number of ether oxygens (including phenoxy) is 1. The number of anilines is 2. The Balaban J connectivity index is 1.36. The van der Waals surface area contributed by atoms with Gasteiger partial charge in [0.1, 0.15) is 10.6 Å². The van der Waals surface area contributed by atoms with Gasteiger partial charge in [0.15, 0.2) is 21.4 Å². The molecule has 2 aromatic carbocycles. The van der Waals surface area contributed by atoms with E-state index in [2.05, 4.69) is 15.9 Å². The summed E-state index contributed by atoms with van der Waals surface area (Å²) in [5.41, 5.74) is 3.66. The standard InChI is InChI=1S/C24H25N3O6S2/c1-32-20-5-3-4-6-21(20)35(30,31)26-23-18-12-24(9-10-24)19-8-7-15(11-17(19)22(18)33-25-23)27-13-16(14-27)34(2,28)29/h3-8,11,16H,9-10,12-14H2,1-2H3,(H,25,26). The minimum Gasteiger partial charge on any atom is -0.495 e. The average Bonchev–Trinajstić information content (AvgIpc) is 3.44. The quantitative estimate of drug-likeness (QED) is 0.532. The first-order valence-electron chi connectivity index (χ1n) is 11.3. The van der Waals surface area contributed by atoms with Gasteiger partial charge < -0.3 is 14.2 Å². The Morgan fingerprint density at radius 2 is 1.86 bits per heavy atom. The summed E-state index contributed by atoms with van der Waals surface area (Å²) in [5, 5.41) is 3.75. The fourth-order valence-electron chi connectivity index (χ4n) is 5.12. The molecular weight excluding hydrogens is 490 g/mol. The van der Waals surface area contributed by atoms with Crippen LogP contribution in [0.4, 0.5) is 11.5 Å². The highest BCUT2D eigenvalue weighted by molar-refractivity contribution is 7.92. The van der Waals surface area contributed by atoms with Crippen LogP contribution in [-0.2, 0) is 31.7 Å². The van der Waals surface area contributed by atoms with E-state index in [0.29, 0.717) is 25.3 Å². The van der Waals surface area contributed by atoms with Crippen molar-refractivity contribution in [2.24, 2.45) is 0 Å². The third kappa shape index (κ3) is 3.59. The topological polar surface area (TPSA) is 119 Å². The van der Waals surface area contributed by atoms with Gasteiger partial charge in [0.2, 0.25) is 0 Å². The van der Waals surface area contributed by atoms with Crippen LogP contribution < -0.4 is 14.4 Å². The largest absolute Gasteiger partial charge is 0.495 e. The van der Waals surface area contributed by atoms with E-state index in [9.17, 15) is 16.8 Å². The van der Waals surface area contributed by atoms with Crippen molar-refractivity contribution in [2.75, 3.05) is 36.1 Å². The molecule has 35 heavy (non-hydrogen) atoms. The van der Waals surface area contributed by atoms with Crippen LogP contribution in [0.3, 0.4) is 0 Å². The van der Waals surface area contributed by atoms with E-state index in [1.807, 2.05) is 17.0 Å². The van der Waals surface area contributed by atoms with Crippen LogP contribution in [0.15, 0.2) is 51.9 Å². The number of sulfone groups is 1. The van der Waals surface area contributed by atoms with Gasteiger partial charge in [0.25, 0.3) is 10.0 Å². The molecule has 2 heterocycles. The monoisotopic (exact) mass is 515 g/mol. The van der Waals surface area contributed by atoms with Gasteiger partial charge >= 0.3 is 0 Å². The van der Waals surface area contributed by atoms with Gasteiger partial charge in [-0.15, -0.1) is 0 Å². The summed E-state index contributed by atoms with van der Waals surface area (Å²) in [5.74, 6) is 0.986. The third-order valence-corrected chi connectivity index (χ3v) is 10.3. The number of hydrogen-bond acceptors (Lipinski definition) is 8. The molecule has 1 saturated heterocycles. The van der Waals surface area contributed by atoms with Crippen molar-refractivity contribution >= 4 is 31.4 Å². The van der Waals surface area contributed by atoms with Crippen LogP contribution in [0.2, 0.25) is 0 Å². The molecule has 3 aliphatic rings. The zero-order valence-corrected chi connectivity index (χ0v) is 20.9. The summed E-state index contributed by atoms with van der Waals surface area (Å²) in [6.45, 7) is 0.909. The maximum Gasteiger partial charge on any atom is 0.266 e. The SMILES string of the molecule is COc1ccccc1S(=O)(=O)Nc1noc2c1CC1(CC1)c1ccc(N3CC(S(C)(=O)=O)C3)cc1-2. The van der Waals surface area contributed by atoms with Crippen LogP contribution in [0.1, 0.15) is 24.0 Å². The Labute approximate surface area is 204 Å². The molecule has 0 atom stereocenters. The first-order chi connectivity index (χ1) is 16.6. The van der Waals surface area contributed by atoms with Gasteiger partial charge in [-0.3, -0.25) is 4.72 Å². The van der Waals surface area contributed by atoms with Gasteiger partial charge in [-0.1, -0.05) is 23.4 Å². The molecule has 2 fully saturated rings. The average molecular weight is 516 g/mol. The van der Waals surface area contributed by atoms with Crippen molar-refractivity contribution in [3.8, 4) is 17.1 Å². The van der Waals surface area contributed by atoms with E-state index in [1.54, 1.807) is 18.2 Å². The predicted octanol–water partition coefficient (Wildman–Crippen LogP) is 2.97. The number of nitrogens with one attached hydrogen (secondary N) is 1. The summed E-state index contributed by atoms with van der Waals surface area (Å²) in [6.07, 6.45) is 3.92. The fraction of sp³-hybridized carbons (Fsp3) is 0.375. The molecule has 1 spiro atoms. The molecule has 1 saturated carbocycles. The Morgan fingerprint density at radius 3 is 2.54 bits per heavy atom. The summed E-state index contributed by atoms with van der Waals surface area (Å²) in [4.78, 5) is 2.05. The van der Waals surface area contributed by atoms with Crippen LogP contribution >= 0.6 is 0 Å². The molecule has 184 valence electrons. The number of sulfonamides is 1. The molecule has 0 amide bonds. The molecular formula is C24H25N3O6S2. The Kier molecular flexibility index (Phi) is 4.79. The minimum absolute atomic E-state index is 0.0251. The number of hydrogen-bond donors (Lipinski definition) is 1. The van der Waals surface area contributed by atoms with Crippen LogP contribution in [0.25, 0.3) is 11.3 Å². The maximum atomic E-state index is 13.2. The number of benzene rings is 2. The summed E-state index contributed by atoms with van der Waals surface area (Å²) in [6, 6.07) is 12.5. The van der Waals surface area contributed by atoms with E-state index in [4.69, 9.17) is 9.26 Å². The third-order valence-electron chi connectivity index (χ3n) is 7.38. The van der Waals surface area contributed by atoms with Crippen molar-refractivity contribution in [1.29, 1.82) is 0 Å². The Bertz CT molecular complexity index is 1550. The van der Waals surface area contributed by atoms with E-state index in [1.165, 1.54) is 25.0 Å². The number of fused-ring (bicyclic) bond motifs is 4. The lowest BCUT2D eigenvalue weighted by molar-refractivity contribution is 0.403. The van der Waals surface area contributed by atoms with Crippen molar-refractivity contribution in [2.45, 2.75) is 34.8 Å². The molecule has 6 rings (SSSR count). The molecule has 1 N–H and O–H groups in total. The van der Waals surface area contributed by atoms with Crippen molar-refractivity contribution < 1.29 is 26.1 Å². The summed E-state index contributed by atoms with van der Waals surface area (Å²) < 4.78 is 63.5. The molecule has 0 unspecified atom stereocenters. The smallest absolute Gasteiger partial charge is 0.266 e. The number of rotatable bonds is 6. The van der Waals surface area contributed by atoms with Crippen molar-refractivity contribution in [3.63, 3.8) is 0 Å². The Morgan fingerprint density at radius 1 is 1.11 bits per heavy atom. The zero-order valence-electron chi connectivity index (χ0n) is 19.3. The molecule has 1 aliphatic heterocycles. The highest BCUT2D eigenvalue weighted by Crippen LogP contribution is 2.58. The zero-order chi connectivity index (χ0) is 24.6. The van der Waals surface area contributed by atoms with E-state index < -0.39 is 19.9 Å². The summed E-state index contributed by atoms with van der Waals surface area (Å²) >= 11 is 0. The molecule has 1 aromatic heterocycles. The highest BCUT2D eigenvalue weighted by Gasteiger charge is 2.51. The minimum atomic E-state index is -3.95. The second kappa shape index (κ2) is 7.47. The second-order valence-electron chi connectivity index (χ2n) is 9.64. The van der Waals surface area contributed by atoms with Crippen LogP contribution in [0, 0.1) is 0 Å². The first kappa shape index (κ1) is 22.4. The second-order valence-corrected chi connectivity index (χ2v) is 13.6. The Hall–Kier alpha value is -3.05. The molecule has 0 radical (unpaired) electrons. The predicted molar refractivity (Wildman–Crippen MR) is 131 cm³/mol. The molecule has 9 nitrogen and oxygen atoms in total. The van der Waals surface area contributed by atoms with E-state index in [-0.39, 0.29) is 27.1 Å². The normalized spacial score (nSPS) is 18.5. The van der Waals surface area contributed by atoms with Crippen LogP contribution in [-0.4, -0.2) is 53.7 Å². The summed E-state index contributed by atoms with van der Waals surface area (Å²) in [7, 11) is -5.60. The number of para-hydroxylation sites is 1. The van der Waals surface area contributed by atoms with Crippen molar-refractivity contribution in [1.82, 2.24) is 5.16 Å². The molecule has 2 aliphatic carbocycles. The maximum absolute atomic E-state index is 13.2. The van der Waals surface area contributed by atoms with Gasteiger partial charge in [0.05, 0.1) is 12.4 Å². The lowest BCUT2D eigenvalue weighted by Crippen LogP contribution is -2.54. The number of aromatic nitrogens is 1. The van der Waals surface area contributed by atoms with Crippen LogP contribution in [0.5, 0.6) is 5.75 Å².